The van der Waals surface area contributed by atoms with Crippen molar-refractivity contribution in [2.75, 3.05) is 11.5 Å². The fourth-order valence-corrected chi connectivity index (χ4v) is 12.9. The number of fused-ring (bicyclic) bond motifs is 5. The van der Waals surface area contributed by atoms with Gasteiger partial charge in [-0.1, -0.05) is 67.6 Å². The Balaban J connectivity index is 1.06. The molecule has 1 fully saturated rings. The van der Waals surface area contributed by atoms with E-state index in [2.05, 4.69) is 10.2 Å². The lowest BCUT2D eigenvalue weighted by molar-refractivity contribution is -0.151. The van der Waals surface area contributed by atoms with Crippen LogP contribution in [-0.4, -0.2) is 73.2 Å². The zero-order valence-corrected chi connectivity index (χ0v) is 35.0. The van der Waals surface area contributed by atoms with Crippen LogP contribution in [0.4, 0.5) is 5.69 Å². The van der Waals surface area contributed by atoms with E-state index < -0.39 is 37.5 Å². The number of H-pyrrole nitrogens is 2. The Kier molecular flexibility index (Phi) is 9.18. The molecule has 3 aliphatic rings. The van der Waals surface area contributed by atoms with Gasteiger partial charge in [0.2, 0.25) is 5.91 Å². The van der Waals surface area contributed by atoms with Crippen molar-refractivity contribution in [3.63, 3.8) is 0 Å². The number of aliphatic hydroxyl groups excluding tert-OH is 1. The van der Waals surface area contributed by atoms with Crippen molar-refractivity contribution >= 4 is 47.6 Å². The molecule has 61 heavy (non-hydrogen) atoms. The largest absolute Gasteiger partial charge is 0.432 e. The van der Waals surface area contributed by atoms with Gasteiger partial charge in [0.15, 0.2) is 13.9 Å². The molecule has 5 heterocycles. The fraction of sp³-hybridized carbons (Fsp3) is 0.277. The second-order valence-corrected chi connectivity index (χ2v) is 21.2. The number of carbonyl (C=O) groups is 2. The maximum atomic E-state index is 15.5. The van der Waals surface area contributed by atoms with Gasteiger partial charge in [-0.05, 0) is 90.8 Å². The molecule has 0 radical (unpaired) electrons. The molecule has 5 atom stereocenters. The highest BCUT2D eigenvalue weighted by molar-refractivity contribution is 6.71. The number of hydrogen-bond donors (Lipinski definition) is 4. The van der Waals surface area contributed by atoms with Crippen LogP contribution in [0.5, 0.6) is 0 Å². The van der Waals surface area contributed by atoms with Crippen LogP contribution in [0, 0.1) is 5.92 Å². The van der Waals surface area contributed by atoms with E-state index in [1.807, 2.05) is 111 Å². The minimum atomic E-state index is -3.18. The molecule has 14 heteroatoms. The summed E-state index contributed by atoms with van der Waals surface area (Å²) >= 11 is 0. The van der Waals surface area contributed by atoms with Gasteiger partial charge < -0.3 is 24.4 Å². The average Bonchev–Trinajstić information content (AvgIpc) is 3.95. The lowest BCUT2D eigenvalue weighted by atomic mass is 9.82. The summed E-state index contributed by atoms with van der Waals surface area (Å²) in [5, 5.41) is 17.9. The van der Waals surface area contributed by atoms with Crippen molar-refractivity contribution in [3.05, 3.63) is 158 Å². The standard InChI is InChI=1S/C47H46N6O7Si/c1-28-43(61(2,3)59)41(24-42(55)50-26-31-13-5-4-12-30(31)22-34(50)27-54)60-47(28)37-23-33(53-45(57)36-16-7-9-18-39(36)49-53)19-20-40(37)51(46(47)58)25-29-11-10-14-32(21-29)52-44(56)35-15-6-8-17-38(35)48-52/h4-21,23,28,34,41,43,48-49,54,59H,22,24-27H2,1-3H3/t28-,34-,41+,43-,47+/m0/s1. The smallest absolute Gasteiger partial charge is 0.279 e. The molecular weight excluding hydrogens is 789 g/mol. The van der Waals surface area contributed by atoms with Gasteiger partial charge in [0.25, 0.3) is 17.0 Å². The first kappa shape index (κ1) is 38.9. The maximum Gasteiger partial charge on any atom is 0.279 e. The molecular formula is C47H46N6O7Si. The van der Waals surface area contributed by atoms with Gasteiger partial charge in [0.1, 0.15) is 0 Å². The summed E-state index contributed by atoms with van der Waals surface area (Å²) < 4.78 is 10.1. The molecule has 310 valence electrons. The number of anilines is 1. The lowest BCUT2D eigenvalue weighted by Gasteiger charge is -2.37. The third kappa shape index (κ3) is 6.15. The molecule has 3 aliphatic heterocycles. The normalized spacial score (nSPS) is 22.4. The van der Waals surface area contributed by atoms with E-state index in [9.17, 15) is 24.3 Å². The number of amides is 2. The van der Waals surface area contributed by atoms with Crippen molar-refractivity contribution in [3.8, 4) is 11.4 Å². The van der Waals surface area contributed by atoms with Crippen LogP contribution in [-0.2, 0) is 39.4 Å². The van der Waals surface area contributed by atoms with Gasteiger partial charge in [-0.2, -0.15) is 0 Å². The summed E-state index contributed by atoms with van der Waals surface area (Å²) in [6.07, 6.45) is -0.419. The molecule has 1 saturated heterocycles. The molecule has 2 aromatic heterocycles. The van der Waals surface area contributed by atoms with E-state index >= 15 is 4.79 Å². The fourth-order valence-electron chi connectivity index (χ4n) is 10.4. The number of aromatic amines is 2. The number of carbonyl (C=O) groups excluding carboxylic acids is 2. The number of nitrogens with one attached hydrogen (secondary N) is 2. The molecule has 10 rings (SSSR count). The first-order chi connectivity index (χ1) is 29.4. The highest BCUT2D eigenvalue weighted by atomic mass is 28.4. The van der Waals surface area contributed by atoms with Crippen molar-refractivity contribution < 1.29 is 24.2 Å². The summed E-state index contributed by atoms with van der Waals surface area (Å²) in [7, 11) is -3.18. The van der Waals surface area contributed by atoms with Crippen molar-refractivity contribution in [2.45, 2.75) is 69.2 Å². The van der Waals surface area contributed by atoms with Gasteiger partial charge in [-0.15, -0.1) is 0 Å². The van der Waals surface area contributed by atoms with E-state index in [0.717, 1.165) is 16.7 Å². The highest BCUT2D eigenvalue weighted by Crippen LogP contribution is 2.60. The summed E-state index contributed by atoms with van der Waals surface area (Å²) in [5.74, 6) is -1.16. The van der Waals surface area contributed by atoms with E-state index in [-0.39, 0.29) is 42.5 Å². The summed E-state index contributed by atoms with van der Waals surface area (Å²) in [4.78, 5) is 72.5. The molecule has 1 spiro atoms. The van der Waals surface area contributed by atoms with Gasteiger partial charge >= 0.3 is 0 Å². The SMILES string of the molecule is C[C@H]1[C@H]([Si](C)(C)O)[C@@H](CC(=O)N2Cc3ccccc3C[C@H]2CO)O[C@]12C(=O)N(Cc1cccc(-n3[nH]c4ccccc4c3=O)c1)c1ccc(-n3[nH]c4ccccc4c3=O)cc12. The maximum absolute atomic E-state index is 15.5. The van der Waals surface area contributed by atoms with E-state index in [1.54, 1.807) is 34.1 Å². The number of aliphatic hydroxyl groups is 1. The minimum Gasteiger partial charge on any atom is -0.432 e. The summed E-state index contributed by atoms with van der Waals surface area (Å²) in [6, 6.07) is 34.9. The van der Waals surface area contributed by atoms with E-state index in [1.165, 1.54) is 9.36 Å². The molecule has 2 amide bonds. The highest BCUT2D eigenvalue weighted by Gasteiger charge is 2.66. The number of nitrogens with zero attached hydrogens (tertiary/aromatic N) is 4. The molecule has 5 aromatic carbocycles. The van der Waals surface area contributed by atoms with Gasteiger partial charge in [-0.25, -0.2) is 9.36 Å². The Hall–Kier alpha value is -6.32. The monoisotopic (exact) mass is 834 g/mol. The number of rotatable bonds is 8. The van der Waals surface area contributed by atoms with Crippen LogP contribution in [0.15, 0.2) is 125 Å². The first-order valence-corrected chi connectivity index (χ1v) is 23.7. The van der Waals surface area contributed by atoms with Gasteiger partial charge in [-0.3, -0.25) is 29.4 Å². The van der Waals surface area contributed by atoms with Crippen LogP contribution >= 0.6 is 0 Å². The molecule has 13 nitrogen and oxygen atoms in total. The molecule has 0 bridgehead atoms. The second kappa shape index (κ2) is 14.4. The van der Waals surface area contributed by atoms with E-state index in [4.69, 9.17) is 4.74 Å². The summed E-state index contributed by atoms with van der Waals surface area (Å²) in [5.41, 5.74) is 3.83. The topological polar surface area (TPSA) is 166 Å². The molecule has 4 N–H and O–H groups in total. The number of aromatic nitrogens is 4. The zero-order valence-electron chi connectivity index (χ0n) is 34.0. The Morgan fingerprint density at radius 1 is 0.803 bits per heavy atom. The quantitative estimate of drug-likeness (QED) is 0.144. The van der Waals surface area contributed by atoms with E-state index in [0.29, 0.717) is 57.4 Å². The molecule has 7 aromatic rings. The number of hydrogen-bond acceptors (Lipinski definition) is 7. The van der Waals surface area contributed by atoms with Crippen LogP contribution in [0.25, 0.3) is 33.2 Å². The van der Waals surface area contributed by atoms with Crippen LogP contribution in [0.1, 0.15) is 35.6 Å². The Morgan fingerprint density at radius 2 is 1.43 bits per heavy atom. The Morgan fingerprint density at radius 3 is 2.07 bits per heavy atom. The zero-order chi connectivity index (χ0) is 42.4. The lowest BCUT2D eigenvalue weighted by Crippen LogP contribution is -2.48. The molecule has 0 aliphatic carbocycles. The van der Waals surface area contributed by atoms with Gasteiger partial charge in [0, 0.05) is 23.6 Å². The number of ether oxygens (including phenoxy) is 1. The Bertz CT molecular complexity index is 3020. The Labute approximate surface area is 351 Å². The molecule has 0 saturated carbocycles. The average molecular weight is 835 g/mol. The minimum absolute atomic E-state index is 0.0997. The third-order valence-corrected chi connectivity index (χ3v) is 15.7. The molecule has 0 unspecified atom stereocenters. The van der Waals surface area contributed by atoms with Crippen molar-refractivity contribution in [1.29, 1.82) is 0 Å². The first-order valence-electron chi connectivity index (χ1n) is 20.7. The van der Waals surface area contributed by atoms with Crippen molar-refractivity contribution in [2.24, 2.45) is 5.92 Å². The summed E-state index contributed by atoms with van der Waals surface area (Å²) in [6.45, 7) is 5.81. The number of benzene rings is 5. The van der Waals surface area contributed by atoms with Crippen LogP contribution in [0.3, 0.4) is 0 Å². The number of para-hydroxylation sites is 2. The predicted molar refractivity (Wildman–Crippen MR) is 234 cm³/mol. The van der Waals surface area contributed by atoms with Gasteiger partial charge in [0.05, 0.1) is 70.6 Å². The van der Waals surface area contributed by atoms with Crippen LogP contribution < -0.4 is 16.0 Å². The third-order valence-electron chi connectivity index (χ3n) is 13.2. The van der Waals surface area contributed by atoms with Crippen LogP contribution in [0.2, 0.25) is 18.6 Å². The predicted octanol–water partition coefficient (Wildman–Crippen LogP) is 5.63. The van der Waals surface area contributed by atoms with Crippen molar-refractivity contribution in [1.82, 2.24) is 24.5 Å². The second-order valence-electron chi connectivity index (χ2n) is 17.3.